The van der Waals surface area contributed by atoms with Crippen LogP contribution in [0.5, 0.6) is 0 Å². The Morgan fingerprint density at radius 3 is 2.38 bits per heavy atom. The Labute approximate surface area is 94.0 Å². The van der Waals surface area contributed by atoms with Gasteiger partial charge < -0.3 is 0 Å². The van der Waals surface area contributed by atoms with E-state index in [0.29, 0.717) is 5.56 Å². The van der Waals surface area contributed by atoms with Gasteiger partial charge in [0.05, 0.1) is 12.1 Å². The molecule has 1 N–H and O–H groups in total. The van der Waals surface area contributed by atoms with Gasteiger partial charge in [-0.05, 0) is 5.56 Å². The van der Waals surface area contributed by atoms with Crippen molar-refractivity contribution in [3.05, 3.63) is 35.9 Å². The highest BCUT2D eigenvalue weighted by Crippen LogP contribution is 2.12. The van der Waals surface area contributed by atoms with Crippen molar-refractivity contribution in [3.8, 4) is 12.1 Å². The van der Waals surface area contributed by atoms with Gasteiger partial charge in [-0.2, -0.15) is 15.2 Å². The van der Waals surface area contributed by atoms with Crippen LogP contribution in [0, 0.1) is 22.7 Å². The summed E-state index contributed by atoms with van der Waals surface area (Å²) in [4.78, 5) is 0. The number of rotatable bonds is 4. The molecular weight excluding hydrogens is 226 g/mol. The Hall–Kier alpha value is -1.89. The van der Waals surface area contributed by atoms with Gasteiger partial charge in [0.1, 0.15) is 6.04 Å². The van der Waals surface area contributed by atoms with Crippen molar-refractivity contribution in [3.63, 3.8) is 0 Å². The van der Waals surface area contributed by atoms with Gasteiger partial charge in [-0.25, -0.2) is 8.42 Å². The molecule has 0 radical (unpaired) electrons. The number of nitriles is 2. The van der Waals surface area contributed by atoms with E-state index in [9.17, 15) is 8.42 Å². The molecule has 0 bridgehead atoms. The van der Waals surface area contributed by atoms with Gasteiger partial charge >= 0.3 is 0 Å². The predicted molar refractivity (Wildman–Crippen MR) is 57.3 cm³/mol. The van der Waals surface area contributed by atoms with Gasteiger partial charge in [-0.3, -0.25) is 0 Å². The predicted octanol–water partition coefficient (Wildman–Crippen LogP) is 0.694. The molecule has 1 aromatic rings. The lowest BCUT2D eigenvalue weighted by Crippen LogP contribution is -2.29. The summed E-state index contributed by atoms with van der Waals surface area (Å²) in [5.41, 5.74) is 0.548. The molecule has 82 valence electrons. The normalized spacial score (nSPS) is 12.4. The summed E-state index contributed by atoms with van der Waals surface area (Å²) in [7, 11) is -3.72. The van der Waals surface area contributed by atoms with E-state index in [1.807, 2.05) is 6.07 Å². The summed E-state index contributed by atoms with van der Waals surface area (Å²) in [5.74, 6) is -0.655. The van der Waals surface area contributed by atoms with E-state index in [1.165, 1.54) is 6.07 Å². The Kier molecular flexibility index (Phi) is 4.01. The van der Waals surface area contributed by atoms with Crippen molar-refractivity contribution in [2.45, 2.75) is 6.04 Å². The first-order valence-electron chi connectivity index (χ1n) is 4.40. The summed E-state index contributed by atoms with van der Waals surface area (Å²) >= 11 is 0. The molecule has 1 unspecified atom stereocenters. The monoisotopic (exact) mass is 235 g/mol. The maximum atomic E-state index is 11.3. The average Bonchev–Trinajstić information content (AvgIpc) is 2.27. The summed E-state index contributed by atoms with van der Waals surface area (Å²) in [5, 5.41) is 17.2. The van der Waals surface area contributed by atoms with E-state index < -0.39 is 21.8 Å². The second kappa shape index (κ2) is 5.26. The molecule has 0 aliphatic carbocycles. The standard InChI is InChI=1S/C10H9N3O2S/c11-6-7-16(14,15)13-10(8-12)9-4-2-1-3-5-9/h1-5,10,13H,7H2. The lowest BCUT2D eigenvalue weighted by atomic mass is 10.1. The SMILES string of the molecule is N#CCS(=O)(=O)NC(C#N)c1ccccc1. The van der Waals surface area contributed by atoms with Gasteiger partial charge in [0, 0.05) is 0 Å². The second-order valence-electron chi connectivity index (χ2n) is 3.01. The van der Waals surface area contributed by atoms with E-state index in [1.54, 1.807) is 30.3 Å². The first-order valence-corrected chi connectivity index (χ1v) is 6.06. The van der Waals surface area contributed by atoms with Crippen molar-refractivity contribution in [1.29, 1.82) is 10.5 Å². The van der Waals surface area contributed by atoms with Crippen LogP contribution in [0.1, 0.15) is 11.6 Å². The van der Waals surface area contributed by atoms with Crippen molar-refractivity contribution in [1.82, 2.24) is 4.72 Å². The van der Waals surface area contributed by atoms with E-state index in [0.717, 1.165) is 0 Å². The molecule has 16 heavy (non-hydrogen) atoms. The van der Waals surface area contributed by atoms with Gasteiger partial charge in [0.25, 0.3) is 0 Å². The highest BCUT2D eigenvalue weighted by atomic mass is 32.2. The minimum Gasteiger partial charge on any atom is -0.211 e. The fourth-order valence-corrected chi connectivity index (χ4v) is 1.92. The molecule has 5 nitrogen and oxygen atoms in total. The third-order valence-electron chi connectivity index (χ3n) is 1.81. The zero-order valence-corrected chi connectivity index (χ0v) is 9.11. The van der Waals surface area contributed by atoms with Crippen LogP contribution in [0.3, 0.4) is 0 Å². The largest absolute Gasteiger partial charge is 0.226 e. The Morgan fingerprint density at radius 1 is 1.25 bits per heavy atom. The summed E-state index contributed by atoms with van der Waals surface area (Å²) in [6.45, 7) is 0. The molecule has 0 aliphatic heterocycles. The first kappa shape index (κ1) is 12.2. The van der Waals surface area contributed by atoms with Crippen molar-refractivity contribution in [2.75, 3.05) is 5.75 Å². The Morgan fingerprint density at radius 2 is 1.88 bits per heavy atom. The number of nitrogens with one attached hydrogen (secondary N) is 1. The van der Waals surface area contributed by atoms with E-state index in [4.69, 9.17) is 10.5 Å². The van der Waals surface area contributed by atoms with Crippen molar-refractivity contribution in [2.24, 2.45) is 0 Å². The molecule has 1 aromatic carbocycles. The van der Waals surface area contributed by atoms with Gasteiger partial charge in [0.15, 0.2) is 5.75 Å². The van der Waals surface area contributed by atoms with E-state index >= 15 is 0 Å². The summed E-state index contributed by atoms with van der Waals surface area (Å²) in [6.07, 6.45) is 0. The van der Waals surface area contributed by atoms with E-state index in [2.05, 4.69) is 4.72 Å². The third-order valence-corrected chi connectivity index (χ3v) is 2.92. The van der Waals surface area contributed by atoms with Crippen LogP contribution in [-0.2, 0) is 10.0 Å². The van der Waals surface area contributed by atoms with Crippen LogP contribution < -0.4 is 4.72 Å². The van der Waals surface area contributed by atoms with Gasteiger partial charge in [-0.15, -0.1) is 0 Å². The quantitative estimate of drug-likeness (QED) is 0.830. The molecular formula is C10H9N3O2S. The maximum Gasteiger partial charge on any atom is 0.226 e. The van der Waals surface area contributed by atoms with Crippen LogP contribution in [0.4, 0.5) is 0 Å². The van der Waals surface area contributed by atoms with Crippen LogP contribution in [0.2, 0.25) is 0 Å². The minimum atomic E-state index is -3.72. The lowest BCUT2D eigenvalue weighted by Gasteiger charge is -2.10. The van der Waals surface area contributed by atoms with Gasteiger partial charge in [0.2, 0.25) is 10.0 Å². The van der Waals surface area contributed by atoms with Crippen LogP contribution in [-0.4, -0.2) is 14.2 Å². The molecule has 1 atom stereocenters. The van der Waals surface area contributed by atoms with E-state index in [-0.39, 0.29) is 0 Å². The van der Waals surface area contributed by atoms with Gasteiger partial charge in [-0.1, -0.05) is 30.3 Å². The van der Waals surface area contributed by atoms with Crippen molar-refractivity contribution >= 4 is 10.0 Å². The molecule has 6 heteroatoms. The number of hydrogen-bond acceptors (Lipinski definition) is 4. The highest BCUT2D eigenvalue weighted by Gasteiger charge is 2.18. The van der Waals surface area contributed by atoms with Crippen LogP contribution in [0.15, 0.2) is 30.3 Å². The zero-order chi connectivity index (χ0) is 12.0. The molecule has 0 aromatic heterocycles. The van der Waals surface area contributed by atoms with Crippen molar-refractivity contribution < 1.29 is 8.42 Å². The summed E-state index contributed by atoms with van der Waals surface area (Å²) in [6, 6.07) is 10.9. The third kappa shape index (κ3) is 3.35. The lowest BCUT2D eigenvalue weighted by molar-refractivity contribution is 0.579. The zero-order valence-electron chi connectivity index (χ0n) is 8.29. The molecule has 0 heterocycles. The number of sulfonamides is 1. The fraction of sp³-hybridized carbons (Fsp3) is 0.200. The topological polar surface area (TPSA) is 93.8 Å². The molecule has 0 saturated carbocycles. The second-order valence-corrected chi connectivity index (χ2v) is 4.76. The summed E-state index contributed by atoms with van der Waals surface area (Å²) < 4.78 is 24.7. The fourth-order valence-electron chi connectivity index (χ4n) is 1.12. The Bertz CT molecular complexity index is 525. The maximum absolute atomic E-state index is 11.3. The highest BCUT2D eigenvalue weighted by molar-refractivity contribution is 7.89. The molecule has 0 amide bonds. The number of nitrogens with zero attached hydrogens (tertiary/aromatic N) is 2. The molecule has 0 fully saturated rings. The Balaban J connectivity index is 2.88. The number of benzene rings is 1. The molecule has 1 rings (SSSR count). The van der Waals surface area contributed by atoms with Crippen LogP contribution in [0.25, 0.3) is 0 Å². The number of hydrogen-bond donors (Lipinski definition) is 1. The molecule has 0 aliphatic rings. The smallest absolute Gasteiger partial charge is 0.211 e. The molecule has 0 spiro atoms. The average molecular weight is 235 g/mol. The minimum absolute atomic E-state index is 0.548. The van der Waals surface area contributed by atoms with Crippen LogP contribution >= 0.6 is 0 Å². The molecule has 0 saturated heterocycles. The first-order chi connectivity index (χ1) is 7.59.